The minimum absolute atomic E-state index is 0.0620. The summed E-state index contributed by atoms with van der Waals surface area (Å²) < 4.78 is 12.4. The standard InChI is InChI=1S/C19H21IN2O3/c1-4-24-18-11-14(5-10-17(18)25-13(2)3)12-21-22-19(23)15-6-8-16(20)9-7-15/h5-13H,4H2,1-3H3,(H,22,23)/b21-12-. The maximum atomic E-state index is 12.0. The van der Waals surface area contributed by atoms with E-state index in [9.17, 15) is 4.79 Å². The van der Waals surface area contributed by atoms with Gasteiger partial charge in [0.05, 0.1) is 18.9 Å². The number of carbonyl (C=O) groups excluding carboxylic acids is 1. The number of hydrogen-bond donors (Lipinski definition) is 1. The molecule has 0 atom stereocenters. The van der Waals surface area contributed by atoms with E-state index < -0.39 is 0 Å². The lowest BCUT2D eigenvalue weighted by molar-refractivity contribution is 0.0955. The lowest BCUT2D eigenvalue weighted by Crippen LogP contribution is -2.17. The van der Waals surface area contributed by atoms with Crippen molar-refractivity contribution in [3.05, 3.63) is 57.2 Å². The van der Waals surface area contributed by atoms with Gasteiger partial charge in [-0.1, -0.05) is 0 Å². The lowest BCUT2D eigenvalue weighted by atomic mass is 10.2. The number of nitrogens with one attached hydrogen (secondary N) is 1. The van der Waals surface area contributed by atoms with Crippen LogP contribution in [0.2, 0.25) is 0 Å². The van der Waals surface area contributed by atoms with Gasteiger partial charge in [0, 0.05) is 9.13 Å². The minimum Gasteiger partial charge on any atom is -0.490 e. The number of hydrazone groups is 1. The molecule has 0 aromatic heterocycles. The van der Waals surface area contributed by atoms with Crippen LogP contribution in [0.3, 0.4) is 0 Å². The molecule has 0 bridgehead atoms. The van der Waals surface area contributed by atoms with Crippen molar-refractivity contribution in [2.75, 3.05) is 6.61 Å². The van der Waals surface area contributed by atoms with E-state index >= 15 is 0 Å². The molecule has 2 aromatic rings. The molecule has 132 valence electrons. The highest BCUT2D eigenvalue weighted by Gasteiger charge is 2.08. The van der Waals surface area contributed by atoms with E-state index in [0.29, 0.717) is 23.7 Å². The maximum Gasteiger partial charge on any atom is 0.271 e. The number of amides is 1. The number of carbonyl (C=O) groups is 1. The fourth-order valence-electron chi connectivity index (χ4n) is 2.06. The van der Waals surface area contributed by atoms with Crippen LogP contribution in [-0.4, -0.2) is 24.8 Å². The molecule has 0 radical (unpaired) electrons. The van der Waals surface area contributed by atoms with Crippen LogP contribution in [0.15, 0.2) is 47.6 Å². The van der Waals surface area contributed by atoms with Crippen molar-refractivity contribution < 1.29 is 14.3 Å². The smallest absolute Gasteiger partial charge is 0.271 e. The molecule has 1 amide bonds. The molecule has 0 spiro atoms. The van der Waals surface area contributed by atoms with Crippen molar-refractivity contribution in [3.8, 4) is 11.5 Å². The zero-order valence-corrected chi connectivity index (χ0v) is 16.6. The van der Waals surface area contributed by atoms with Gasteiger partial charge in [0.1, 0.15) is 0 Å². The number of nitrogens with zero attached hydrogens (tertiary/aromatic N) is 1. The first-order valence-electron chi connectivity index (χ1n) is 8.02. The number of ether oxygens (including phenoxy) is 2. The Morgan fingerprint density at radius 2 is 1.92 bits per heavy atom. The first-order valence-corrected chi connectivity index (χ1v) is 9.10. The lowest BCUT2D eigenvalue weighted by Gasteiger charge is -2.14. The topological polar surface area (TPSA) is 59.9 Å². The normalized spacial score (nSPS) is 10.9. The molecular weight excluding hydrogens is 431 g/mol. The van der Waals surface area contributed by atoms with Gasteiger partial charge >= 0.3 is 0 Å². The first kappa shape index (κ1) is 19.2. The fraction of sp³-hybridized carbons (Fsp3) is 0.263. The summed E-state index contributed by atoms with van der Waals surface area (Å²) in [7, 11) is 0. The SMILES string of the molecule is CCOc1cc(/C=N\NC(=O)c2ccc(I)cc2)ccc1OC(C)C. The number of hydrogen-bond acceptors (Lipinski definition) is 4. The predicted octanol–water partition coefficient (Wildman–Crippen LogP) is 4.24. The highest BCUT2D eigenvalue weighted by atomic mass is 127. The average Bonchev–Trinajstić information content (AvgIpc) is 2.57. The summed E-state index contributed by atoms with van der Waals surface area (Å²) in [4.78, 5) is 12.0. The molecule has 0 aliphatic carbocycles. The molecule has 5 nitrogen and oxygen atoms in total. The van der Waals surface area contributed by atoms with Gasteiger partial charge in [0.25, 0.3) is 5.91 Å². The molecule has 0 aliphatic rings. The highest BCUT2D eigenvalue weighted by molar-refractivity contribution is 14.1. The van der Waals surface area contributed by atoms with Crippen LogP contribution in [0, 0.1) is 3.57 Å². The molecule has 2 rings (SSSR count). The molecule has 0 heterocycles. The Kier molecular flexibility index (Phi) is 7.24. The van der Waals surface area contributed by atoms with Crippen molar-refractivity contribution >= 4 is 34.7 Å². The van der Waals surface area contributed by atoms with E-state index in [-0.39, 0.29) is 12.0 Å². The Hall–Kier alpha value is -2.09. The van der Waals surface area contributed by atoms with Crippen LogP contribution in [0.1, 0.15) is 36.7 Å². The van der Waals surface area contributed by atoms with Crippen LogP contribution in [0.4, 0.5) is 0 Å². The largest absolute Gasteiger partial charge is 0.490 e. The second kappa shape index (κ2) is 9.41. The quantitative estimate of drug-likeness (QED) is 0.389. The van der Waals surface area contributed by atoms with Crippen molar-refractivity contribution in [1.82, 2.24) is 5.43 Å². The highest BCUT2D eigenvalue weighted by Crippen LogP contribution is 2.28. The van der Waals surface area contributed by atoms with Gasteiger partial charge in [0.2, 0.25) is 0 Å². The summed E-state index contributed by atoms with van der Waals surface area (Å²) in [6, 6.07) is 12.8. The van der Waals surface area contributed by atoms with Gasteiger partial charge in [-0.25, -0.2) is 5.43 Å². The van der Waals surface area contributed by atoms with Crippen molar-refractivity contribution in [2.45, 2.75) is 26.9 Å². The van der Waals surface area contributed by atoms with Crippen LogP contribution in [0.5, 0.6) is 11.5 Å². The van der Waals surface area contributed by atoms with Gasteiger partial charge in [-0.3, -0.25) is 4.79 Å². The van der Waals surface area contributed by atoms with Crippen molar-refractivity contribution in [2.24, 2.45) is 5.10 Å². The Morgan fingerprint density at radius 3 is 2.56 bits per heavy atom. The number of rotatable bonds is 7. The first-order chi connectivity index (χ1) is 12.0. The van der Waals surface area contributed by atoms with Gasteiger partial charge in [0.15, 0.2) is 11.5 Å². The summed E-state index contributed by atoms with van der Waals surface area (Å²) in [6.45, 7) is 6.39. The third-order valence-electron chi connectivity index (χ3n) is 3.12. The van der Waals surface area contributed by atoms with Gasteiger partial charge in [-0.05, 0) is 91.4 Å². The van der Waals surface area contributed by atoms with Crippen molar-refractivity contribution in [3.63, 3.8) is 0 Å². The third kappa shape index (κ3) is 6.04. The number of halogens is 1. The van der Waals surface area contributed by atoms with E-state index in [1.54, 1.807) is 18.3 Å². The Balaban J connectivity index is 2.05. The second-order valence-corrected chi connectivity index (χ2v) is 6.76. The average molecular weight is 452 g/mol. The van der Waals surface area contributed by atoms with E-state index in [4.69, 9.17) is 9.47 Å². The van der Waals surface area contributed by atoms with Crippen LogP contribution in [-0.2, 0) is 0 Å². The third-order valence-corrected chi connectivity index (χ3v) is 3.84. The summed E-state index contributed by atoms with van der Waals surface area (Å²) in [5.74, 6) is 1.10. The molecule has 25 heavy (non-hydrogen) atoms. The van der Waals surface area contributed by atoms with E-state index in [0.717, 1.165) is 9.13 Å². The molecule has 2 aromatic carbocycles. The molecule has 0 unspecified atom stereocenters. The van der Waals surface area contributed by atoms with Gasteiger partial charge in [-0.2, -0.15) is 5.10 Å². The fourth-order valence-corrected chi connectivity index (χ4v) is 2.42. The number of benzene rings is 2. The van der Waals surface area contributed by atoms with Crippen LogP contribution in [0.25, 0.3) is 0 Å². The molecule has 0 saturated carbocycles. The molecule has 6 heteroatoms. The summed E-state index contributed by atoms with van der Waals surface area (Å²) in [6.07, 6.45) is 1.64. The summed E-state index contributed by atoms with van der Waals surface area (Å²) in [5, 5.41) is 4.01. The van der Waals surface area contributed by atoms with Gasteiger partial charge in [-0.15, -0.1) is 0 Å². The van der Waals surface area contributed by atoms with Crippen molar-refractivity contribution in [1.29, 1.82) is 0 Å². The molecule has 0 aliphatic heterocycles. The summed E-state index contributed by atoms with van der Waals surface area (Å²) in [5.41, 5.74) is 3.89. The Bertz CT molecular complexity index is 743. The van der Waals surface area contributed by atoms with Gasteiger partial charge < -0.3 is 9.47 Å². The molecule has 0 fully saturated rings. The molecule has 1 N–H and O–H groups in total. The molecular formula is C19H21IN2O3. The molecule has 0 saturated heterocycles. The maximum absolute atomic E-state index is 12.0. The second-order valence-electron chi connectivity index (χ2n) is 5.51. The monoisotopic (exact) mass is 452 g/mol. The Labute approximate surface area is 161 Å². The zero-order chi connectivity index (χ0) is 18.2. The van der Waals surface area contributed by atoms with E-state index in [1.165, 1.54) is 0 Å². The van der Waals surface area contributed by atoms with E-state index in [1.807, 2.05) is 51.1 Å². The van der Waals surface area contributed by atoms with Crippen LogP contribution >= 0.6 is 22.6 Å². The van der Waals surface area contributed by atoms with E-state index in [2.05, 4.69) is 33.1 Å². The predicted molar refractivity (Wildman–Crippen MR) is 108 cm³/mol. The Morgan fingerprint density at radius 1 is 1.20 bits per heavy atom. The minimum atomic E-state index is -0.252. The summed E-state index contributed by atoms with van der Waals surface area (Å²) >= 11 is 2.19. The zero-order valence-electron chi connectivity index (χ0n) is 14.5. The van der Waals surface area contributed by atoms with Crippen LogP contribution < -0.4 is 14.9 Å².